The van der Waals surface area contributed by atoms with E-state index in [9.17, 15) is 14.3 Å². The highest BCUT2D eigenvalue weighted by molar-refractivity contribution is 5.66. The molecule has 1 aliphatic carbocycles. The lowest BCUT2D eigenvalue weighted by Crippen LogP contribution is -2.28. The summed E-state index contributed by atoms with van der Waals surface area (Å²) in [5.41, 5.74) is -1.57. The molecule has 0 bridgehead atoms. The van der Waals surface area contributed by atoms with E-state index in [1.165, 1.54) is 26.0 Å². The van der Waals surface area contributed by atoms with Gasteiger partial charge < -0.3 is 9.84 Å². The molecular weight excluding hydrogens is 175 g/mol. The maximum Gasteiger partial charge on any atom is 0.303 e. The van der Waals surface area contributed by atoms with Crippen LogP contribution in [0.2, 0.25) is 0 Å². The standard InChI is InChI=1S/C9H11FO3/c1-6(11)13-7-3-4-9(2,12)8(10)5-7/h3-5,7,12H,1-2H3/t7-,9+/m0/s1. The molecule has 3 nitrogen and oxygen atoms in total. The molecule has 0 radical (unpaired) electrons. The molecule has 2 atom stereocenters. The largest absolute Gasteiger partial charge is 0.454 e. The molecule has 4 heteroatoms. The van der Waals surface area contributed by atoms with Crippen molar-refractivity contribution < 1.29 is 19.0 Å². The normalized spacial score (nSPS) is 32.6. The van der Waals surface area contributed by atoms with Crippen LogP contribution in [0.4, 0.5) is 4.39 Å². The van der Waals surface area contributed by atoms with Gasteiger partial charge in [0.15, 0.2) is 0 Å². The van der Waals surface area contributed by atoms with Gasteiger partial charge in [0.2, 0.25) is 0 Å². The van der Waals surface area contributed by atoms with Gasteiger partial charge in [0.1, 0.15) is 17.5 Å². The Morgan fingerprint density at radius 3 is 2.85 bits per heavy atom. The molecule has 1 aliphatic rings. The Bertz CT molecular complexity index is 279. The zero-order valence-electron chi connectivity index (χ0n) is 7.45. The first-order chi connectivity index (χ1) is 5.92. The number of ether oxygens (including phenoxy) is 1. The predicted octanol–water partition coefficient (Wildman–Crippen LogP) is 1.09. The minimum atomic E-state index is -1.57. The van der Waals surface area contributed by atoms with E-state index in [2.05, 4.69) is 0 Å². The van der Waals surface area contributed by atoms with Crippen molar-refractivity contribution in [1.29, 1.82) is 0 Å². The fourth-order valence-electron chi connectivity index (χ4n) is 0.995. The van der Waals surface area contributed by atoms with Crippen molar-refractivity contribution in [3.8, 4) is 0 Å². The summed E-state index contributed by atoms with van der Waals surface area (Å²) in [6.07, 6.45) is 3.06. The van der Waals surface area contributed by atoms with Crippen LogP contribution in [-0.4, -0.2) is 22.8 Å². The van der Waals surface area contributed by atoms with Gasteiger partial charge in [-0.1, -0.05) is 0 Å². The first kappa shape index (κ1) is 9.92. The fourth-order valence-corrected chi connectivity index (χ4v) is 0.995. The third-order valence-corrected chi connectivity index (χ3v) is 1.71. The molecule has 1 N–H and O–H groups in total. The molecule has 0 aromatic rings. The molecular formula is C9H11FO3. The van der Waals surface area contributed by atoms with Crippen LogP contribution in [0.25, 0.3) is 0 Å². The van der Waals surface area contributed by atoms with Crippen molar-refractivity contribution in [3.05, 3.63) is 24.1 Å². The number of aliphatic hydroxyl groups is 1. The van der Waals surface area contributed by atoms with Crippen LogP contribution in [0.15, 0.2) is 24.1 Å². The third-order valence-electron chi connectivity index (χ3n) is 1.71. The average Bonchev–Trinajstić information content (AvgIpc) is 1.97. The quantitative estimate of drug-likeness (QED) is 0.492. The Morgan fingerprint density at radius 2 is 2.38 bits per heavy atom. The second-order valence-corrected chi connectivity index (χ2v) is 3.10. The van der Waals surface area contributed by atoms with E-state index in [1.807, 2.05) is 0 Å². The Labute approximate surface area is 75.5 Å². The molecule has 0 heterocycles. The number of hydrogen-bond acceptors (Lipinski definition) is 3. The minimum Gasteiger partial charge on any atom is -0.454 e. The Balaban J connectivity index is 2.72. The van der Waals surface area contributed by atoms with E-state index >= 15 is 0 Å². The summed E-state index contributed by atoms with van der Waals surface area (Å²) in [4.78, 5) is 10.5. The van der Waals surface area contributed by atoms with Gasteiger partial charge in [-0.2, -0.15) is 0 Å². The first-order valence-electron chi connectivity index (χ1n) is 3.88. The fraction of sp³-hybridized carbons (Fsp3) is 0.444. The SMILES string of the molecule is CC(=O)O[C@H]1C=C[C@@](C)(O)C(F)=C1. The summed E-state index contributed by atoms with van der Waals surface area (Å²) in [6, 6.07) is 0. The highest BCUT2D eigenvalue weighted by Gasteiger charge is 2.28. The molecule has 0 fully saturated rings. The summed E-state index contributed by atoms with van der Waals surface area (Å²) in [5, 5.41) is 9.32. The van der Waals surface area contributed by atoms with E-state index < -0.39 is 23.5 Å². The maximum atomic E-state index is 13.0. The number of halogens is 1. The molecule has 0 spiro atoms. The molecule has 0 saturated heterocycles. The zero-order chi connectivity index (χ0) is 10.1. The van der Waals surface area contributed by atoms with Gasteiger partial charge in [-0.25, -0.2) is 4.39 Å². The van der Waals surface area contributed by atoms with Crippen LogP contribution in [0.5, 0.6) is 0 Å². The third kappa shape index (κ3) is 2.39. The van der Waals surface area contributed by atoms with Gasteiger partial charge in [0.05, 0.1) is 0 Å². The van der Waals surface area contributed by atoms with Gasteiger partial charge in [-0.3, -0.25) is 4.79 Å². The lowest BCUT2D eigenvalue weighted by atomic mass is 9.98. The Kier molecular flexibility index (Phi) is 2.52. The summed E-state index contributed by atoms with van der Waals surface area (Å²) in [6.45, 7) is 2.56. The van der Waals surface area contributed by atoms with E-state index in [4.69, 9.17) is 4.74 Å². The van der Waals surface area contributed by atoms with E-state index in [-0.39, 0.29) is 0 Å². The molecule has 0 aromatic heterocycles. The van der Waals surface area contributed by atoms with Crippen molar-refractivity contribution in [1.82, 2.24) is 0 Å². The molecule has 0 unspecified atom stereocenters. The first-order valence-corrected chi connectivity index (χ1v) is 3.88. The molecule has 1 rings (SSSR count). The summed E-state index contributed by atoms with van der Waals surface area (Å²) in [5.74, 6) is -1.19. The molecule has 72 valence electrons. The maximum absolute atomic E-state index is 13.0. The molecule has 13 heavy (non-hydrogen) atoms. The minimum absolute atomic E-state index is 0.486. The van der Waals surface area contributed by atoms with Gasteiger partial charge in [-0.15, -0.1) is 0 Å². The number of carbonyl (C=O) groups excluding carboxylic acids is 1. The van der Waals surface area contributed by atoms with Crippen LogP contribution in [0, 0.1) is 0 Å². The smallest absolute Gasteiger partial charge is 0.303 e. The topological polar surface area (TPSA) is 46.5 Å². The second-order valence-electron chi connectivity index (χ2n) is 3.10. The van der Waals surface area contributed by atoms with Crippen molar-refractivity contribution in [2.24, 2.45) is 0 Å². The Hall–Kier alpha value is -1.16. The number of carbonyl (C=O) groups is 1. The monoisotopic (exact) mass is 186 g/mol. The second kappa shape index (κ2) is 3.30. The lowest BCUT2D eigenvalue weighted by Gasteiger charge is -2.23. The van der Waals surface area contributed by atoms with Gasteiger partial charge >= 0.3 is 5.97 Å². The van der Waals surface area contributed by atoms with Crippen LogP contribution in [0.1, 0.15) is 13.8 Å². The molecule has 0 amide bonds. The molecule has 0 saturated carbocycles. The molecule has 0 aliphatic heterocycles. The van der Waals surface area contributed by atoms with E-state index in [0.717, 1.165) is 6.08 Å². The van der Waals surface area contributed by atoms with Crippen molar-refractivity contribution in [2.45, 2.75) is 25.6 Å². The van der Waals surface area contributed by atoms with Crippen LogP contribution >= 0.6 is 0 Å². The van der Waals surface area contributed by atoms with Crippen molar-refractivity contribution in [2.75, 3.05) is 0 Å². The van der Waals surface area contributed by atoms with Gasteiger partial charge in [-0.05, 0) is 25.2 Å². The van der Waals surface area contributed by atoms with Crippen molar-refractivity contribution in [3.63, 3.8) is 0 Å². The summed E-state index contributed by atoms with van der Waals surface area (Å²) >= 11 is 0. The van der Waals surface area contributed by atoms with Crippen LogP contribution in [0.3, 0.4) is 0 Å². The Morgan fingerprint density at radius 1 is 1.77 bits per heavy atom. The average molecular weight is 186 g/mol. The summed E-state index contributed by atoms with van der Waals surface area (Å²) in [7, 11) is 0. The number of hydrogen-bond donors (Lipinski definition) is 1. The van der Waals surface area contributed by atoms with Crippen LogP contribution < -0.4 is 0 Å². The van der Waals surface area contributed by atoms with Crippen LogP contribution in [-0.2, 0) is 9.53 Å². The number of rotatable bonds is 1. The number of esters is 1. The van der Waals surface area contributed by atoms with Gasteiger partial charge in [0.25, 0.3) is 0 Å². The zero-order valence-corrected chi connectivity index (χ0v) is 7.45. The predicted molar refractivity (Wildman–Crippen MR) is 44.5 cm³/mol. The van der Waals surface area contributed by atoms with Gasteiger partial charge in [0, 0.05) is 6.92 Å². The summed E-state index contributed by atoms with van der Waals surface area (Å²) < 4.78 is 17.7. The highest BCUT2D eigenvalue weighted by Crippen LogP contribution is 2.25. The lowest BCUT2D eigenvalue weighted by molar-refractivity contribution is -0.142. The molecule has 0 aromatic carbocycles. The van der Waals surface area contributed by atoms with E-state index in [0.29, 0.717) is 0 Å². The highest BCUT2D eigenvalue weighted by atomic mass is 19.1. The van der Waals surface area contributed by atoms with E-state index in [1.54, 1.807) is 0 Å². The van der Waals surface area contributed by atoms with Crippen molar-refractivity contribution >= 4 is 5.97 Å².